The summed E-state index contributed by atoms with van der Waals surface area (Å²) in [5.41, 5.74) is 2.96. The molecule has 0 heterocycles. The maximum Gasteiger partial charge on any atom is 0.255 e. The van der Waals surface area contributed by atoms with Crippen molar-refractivity contribution in [3.8, 4) is 5.75 Å². The van der Waals surface area contributed by atoms with Crippen LogP contribution < -0.4 is 10.6 Å². The van der Waals surface area contributed by atoms with E-state index in [1.165, 1.54) is 11.8 Å². The first-order valence-corrected chi connectivity index (χ1v) is 11.8. The summed E-state index contributed by atoms with van der Waals surface area (Å²) in [6.45, 7) is 5.11. The molecule has 3 aliphatic rings. The van der Waals surface area contributed by atoms with Crippen molar-refractivity contribution in [2.45, 2.75) is 31.9 Å². The normalized spacial score (nSPS) is 26.2. The van der Waals surface area contributed by atoms with Crippen LogP contribution in [0.5, 0.6) is 5.75 Å². The number of hydrogen-bond donors (Lipinski definition) is 5. The largest absolute Gasteiger partial charge is 0.538 e. The number of rotatable bonds is 6. The number of Topliss-reactive ketones (excluding diaryl/α,β-unsaturated/α-hetero) is 2. The van der Waals surface area contributed by atoms with Crippen LogP contribution in [0.15, 0.2) is 23.0 Å². The van der Waals surface area contributed by atoms with Gasteiger partial charge in [-0.15, -0.1) is 6.54 Å². The van der Waals surface area contributed by atoms with E-state index in [0.717, 1.165) is 0 Å². The van der Waals surface area contributed by atoms with E-state index < -0.39 is 57.9 Å². The van der Waals surface area contributed by atoms with Crippen LogP contribution in [0, 0.1) is 24.7 Å². The van der Waals surface area contributed by atoms with Gasteiger partial charge in [-0.1, -0.05) is 6.92 Å². The molecular weight excluding hydrogens is 571 g/mol. The van der Waals surface area contributed by atoms with Gasteiger partial charge in [0.1, 0.15) is 22.8 Å². The van der Waals surface area contributed by atoms with Crippen molar-refractivity contribution in [1.29, 1.82) is 0 Å². The third kappa shape index (κ3) is 4.15. The zero-order valence-corrected chi connectivity index (χ0v) is 24.2. The molecule has 6 N–H and O–H groups in total. The fraction of sp³-hybridized carbons (Fsp3) is 0.423. The van der Waals surface area contributed by atoms with E-state index in [-0.39, 0.29) is 81.1 Å². The number of fused-ring (bicyclic) bond motifs is 3. The van der Waals surface area contributed by atoms with Crippen LogP contribution in [0.3, 0.4) is 0 Å². The van der Waals surface area contributed by atoms with E-state index in [1.807, 2.05) is 0 Å². The number of nitrogens with zero attached hydrogens (tertiary/aromatic N) is 2. The number of aliphatic hydroxyl groups is 3. The Morgan fingerprint density at radius 2 is 1.89 bits per heavy atom. The van der Waals surface area contributed by atoms with E-state index in [2.05, 4.69) is 6.92 Å². The number of primary amides is 1. The van der Waals surface area contributed by atoms with Crippen molar-refractivity contribution in [3.05, 3.63) is 46.6 Å². The average Bonchev–Trinajstić information content (AvgIpc) is 2.83. The van der Waals surface area contributed by atoms with E-state index in [1.54, 1.807) is 31.5 Å². The van der Waals surface area contributed by atoms with Gasteiger partial charge in [-0.25, -0.2) is 0 Å². The molecule has 4 atom stereocenters. The van der Waals surface area contributed by atoms with Gasteiger partial charge in [-0.2, -0.15) is 6.41 Å². The second kappa shape index (κ2) is 10.4. The number of hydrogen-bond acceptors (Lipinski definition) is 9. The smallest absolute Gasteiger partial charge is 0.255 e. The number of nitrogens with two attached hydrogens (primary N) is 1. The van der Waals surface area contributed by atoms with Gasteiger partial charge >= 0.3 is 0 Å². The maximum absolute atomic E-state index is 13.8. The van der Waals surface area contributed by atoms with Crippen molar-refractivity contribution in [3.63, 3.8) is 0 Å². The quantitative estimate of drug-likeness (QED) is 0.176. The Labute approximate surface area is 244 Å². The molecule has 0 aliphatic heterocycles. The molecule has 3 aliphatic carbocycles. The van der Waals surface area contributed by atoms with Crippen molar-refractivity contribution < 1.29 is 72.3 Å². The maximum atomic E-state index is 13.8. The molecule has 0 saturated heterocycles. The standard InChI is InChI=1S/C26H29N3O8.Y/c1-5-29(10-30)9-13-8-16(28(3)4)14-6-12-7-15-11(2)20(31)19(25(27)36)24(35)26(15,37)23(34)17(12)22(33)18(14)21(13)32;/h8,11-12,15,32-33,35,37H,1,5-7,9H2,2-4H3,(H2,27,36);/q-2;/t11-,12?,15?,26-;/m0./s1. The van der Waals surface area contributed by atoms with Gasteiger partial charge in [-0.05, 0) is 30.4 Å². The summed E-state index contributed by atoms with van der Waals surface area (Å²) in [5, 5.41) is 44.8. The summed E-state index contributed by atoms with van der Waals surface area (Å²) in [6.07, 6.45) is 1.94. The molecule has 2 amide bonds. The first kappa shape index (κ1) is 29.8. The third-order valence-corrected chi connectivity index (χ3v) is 7.83. The molecule has 1 saturated carbocycles. The predicted octanol–water partition coefficient (Wildman–Crippen LogP) is 0.437. The second-order valence-electron chi connectivity index (χ2n) is 10.0. The molecule has 12 heteroatoms. The molecule has 2 unspecified atom stereocenters. The summed E-state index contributed by atoms with van der Waals surface area (Å²) in [7, 11) is 3.52. The number of carbonyl (C=O) groups excluding carboxylic acids is 4. The molecule has 4 rings (SSSR count). The fourth-order valence-electron chi connectivity index (χ4n) is 5.92. The molecule has 0 aromatic heterocycles. The van der Waals surface area contributed by atoms with Crippen molar-refractivity contribution in [2.75, 3.05) is 25.5 Å². The topological polar surface area (TPSA) is 182 Å². The minimum absolute atomic E-state index is 0. The molecule has 1 radical (unpaired) electrons. The number of carbonyl (C=O) groups is 3. The zero-order chi connectivity index (χ0) is 27.6. The van der Waals surface area contributed by atoms with Gasteiger partial charge < -0.3 is 47.7 Å². The summed E-state index contributed by atoms with van der Waals surface area (Å²) >= 11 is 0. The summed E-state index contributed by atoms with van der Waals surface area (Å²) in [4.78, 5) is 52.6. The first-order valence-electron chi connectivity index (χ1n) is 11.8. The Morgan fingerprint density at radius 1 is 1.26 bits per heavy atom. The minimum atomic E-state index is -2.65. The summed E-state index contributed by atoms with van der Waals surface area (Å²) in [5.74, 6) is -7.89. The summed E-state index contributed by atoms with van der Waals surface area (Å²) in [6, 6.07) is 1.67. The van der Waals surface area contributed by atoms with Crippen molar-refractivity contribution in [2.24, 2.45) is 23.5 Å². The van der Waals surface area contributed by atoms with Gasteiger partial charge in [0.25, 0.3) is 5.91 Å². The third-order valence-electron chi connectivity index (χ3n) is 7.83. The first-order chi connectivity index (χ1) is 17.3. The molecule has 38 heavy (non-hydrogen) atoms. The molecule has 1 fully saturated rings. The molecule has 0 bridgehead atoms. The molecular formula is C26H29N3O8Y-2. The van der Waals surface area contributed by atoms with Crippen LogP contribution in [0.2, 0.25) is 0 Å². The van der Waals surface area contributed by atoms with Gasteiger partial charge in [0.2, 0.25) is 5.78 Å². The minimum Gasteiger partial charge on any atom is -0.538 e. The molecule has 1 aromatic carbocycles. The van der Waals surface area contributed by atoms with E-state index in [4.69, 9.17) is 5.73 Å². The number of aromatic hydroxyl groups is 1. The average molecular weight is 600 g/mol. The molecule has 0 spiro atoms. The van der Waals surface area contributed by atoms with Gasteiger partial charge in [0.15, 0.2) is 11.4 Å². The van der Waals surface area contributed by atoms with E-state index in [0.29, 0.717) is 11.3 Å². The molecule has 11 nitrogen and oxygen atoms in total. The monoisotopic (exact) mass is 600 g/mol. The Hall–Kier alpha value is -2.76. The van der Waals surface area contributed by atoms with Gasteiger partial charge in [-0.3, -0.25) is 14.4 Å². The Kier molecular flexibility index (Phi) is 8.18. The second-order valence-corrected chi connectivity index (χ2v) is 10.0. The van der Waals surface area contributed by atoms with E-state index in [9.17, 15) is 39.6 Å². The summed E-state index contributed by atoms with van der Waals surface area (Å²) < 4.78 is 0. The SMILES string of the molecule is [CH2-]CN([C-]=O)Cc1cc(N(C)C)c2c(c1O)C(O)=C1C(=O)[C@]3(O)C(O)=C(C(N)=O)C(=O)[C@@H](C)C3CC1C2.[Y]. The number of aliphatic hydroxyl groups excluding tert-OH is 2. The van der Waals surface area contributed by atoms with Crippen LogP contribution in [-0.4, -0.2) is 75.5 Å². The molecule has 1 aromatic rings. The van der Waals surface area contributed by atoms with Crippen LogP contribution >= 0.6 is 0 Å². The number of amides is 2. The van der Waals surface area contributed by atoms with Gasteiger partial charge in [0, 0.05) is 82.0 Å². The van der Waals surface area contributed by atoms with Crippen molar-refractivity contribution >= 4 is 35.3 Å². The van der Waals surface area contributed by atoms with Crippen molar-refractivity contribution in [1.82, 2.24) is 4.90 Å². The zero-order valence-electron chi connectivity index (χ0n) is 21.3. The van der Waals surface area contributed by atoms with Crippen LogP contribution in [0.25, 0.3) is 5.76 Å². The van der Waals surface area contributed by atoms with E-state index >= 15 is 0 Å². The number of anilines is 1. The molecule has 201 valence electrons. The van der Waals surface area contributed by atoms with Crippen LogP contribution in [0.1, 0.15) is 30.0 Å². The number of phenolic OH excluding ortho intramolecular Hbond substituents is 1. The number of phenols is 1. The van der Waals surface area contributed by atoms with Crippen LogP contribution in [-0.2, 0) is 64.9 Å². The predicted molar refractivity (Wildman–Crippen MR) is 132 cm³/mol. The Balaban J connectivity index is 0.00000400. The van der Waals surface area contributed by atoms with Crippen LogP contribution in [0.4, 0.5) is 5.69 Å². The Morgan fingerprint density at radius 3 is 2.42 bits per heavy atom. The number of benzene rings is 1. The van der Waals surface area contributed by atoms with Gasteiger partial charge in [0.05, 0.1) is 5.56 Å². The Bertz CT molecular complexity index is 1300. The number of ketones is 2. The fourth-order valence-corrected chi connectivity index (χ4v) is 5.92.